The molecule has 18 heavy (non-hydrogen) atoms. The molecule has 1 rings (SSSR count). The number of alkyl halides is 3. The summed E-state index contributed by atoms with van der Waals surface area (Å²) in [6, 6.07) is 1.61. The van der Waals surface area contributed by atoms with Gasteiger partial charge in [-0.3, -0.25) is 10.3 Å². The van der Waals surface area contributed by atoms with Gasteiger partial charge in [-0.25, -0.2) is 0 Å². The van der Waals surface area contributed by atoms with E-state index in [9.17, 15) is 18.3 Å². The van der Waals surface area contributed by atoms with Crippen LogP contribution in [-0.2, 0) is 11.0 Å². The van der Waals surface area contributed by atoms with E-state index in [0.717, 1.165) is 6.07 Å². The van der Waals surface area contributed by atoms with E-state index in [4.69, 9.17) is 0 Å². The van der Waals surface area contributed by atoms with E-state index in [-0.39, 0.29) is 11.3 Å². The first-order valence-electron chi connectivity index (χ1n) is 5.29. The Hall–Kier alpha value is -1.69. The van der Waals surface area contributed by atoms with Gasteiger partial charge in [0.15, 0.2) is 0 Å². The fraction of sp³-hybridized carbons (Fsp3) is 0.333. The predicted octanol–water partition coefficient (Wildman–Crippen LogP) is 3.81. The number of nitrogens with one attached hydrogen (secondary N) is 1. The molecule has 1 aromatic rings. The molecule has 0 saturated heterocycles. The van der Waals surface area contributed by atoms with Crippen molar-refractivity contribution >= 4 is 11.8 Å². The average Bonchev–Trinajstić information content (AvgIpc) is 2.28. The predicted molar refractivity (Wildman–Crippen MR) is 63.1 cm³/mol. The molecule has 0 radical (unpaired) electrons. The van der Waals surface area contributed by atoms with Gasteiger partial charge in [0.05, 0.1) is 12.7 Å². The molecule has 0 heterocycles. The number of hydrogen-bond donors (Lipinski definition) is 2. The topological polar surface area (TPSA) is 41.5 Å². The molecule has 6 heteroatoms. The molecular formula is C12H14F3NO2. The summed E-state index contributed by atoms with van der Waals surface area (Å²) in [5, 5.41) is 9.59. The van der Waals surface area contributed by atoms with Crippen molar-refractivity contribution in [3.05, 3.63) is 29.3 Å². The summed E-state index contributed by atoms with van der Waals surface area (Å²) in [5.41, 5.74) is 1.78. The molecule has 3 nitrogen and oxygen atoms in total. The maximum atomic E-state index is 12.6. The number of halogens is 3. The Kier molecular flexibility index (Phi) is 4.61. The molecule has 0 saturated carbocycles. The van der Waals surface area contributed by atoms with Crippen LogP contribution < -0.4 is 5.48 Å². The van der Waals surface area contributed by atoms with Crippen LogP contribution in [0, 0.1) is 0 Å². The molecule has 0 atom stereocenters. The van der Waals surface area contributed by atoms with Crippen molar-refractivity contribution in [1.82, 2.24) is 0 Å². The van der Waals surface area contributed by atoms with E-state index in [0.29, 0.717) is 12.5 Å². The normalized spacial score (nSPS) is 12.1. The Morgan fingerprint density at radius 2 is 2.06 bits per heavy atom. The molecule has 0 aromatic heterocycles. The van der Waals surface area contributed by atoms with E-state index in [1.54, 1.807) is 6.08 Å². The number of hydrogen-bond acceptors (Lipinski definition) is 3. The van der Waals surface area contributed by atoms with Crippen LogP contribution in [0.25, 0.3) is 6.08 Å². The maximum Gasteiger partial charge on any atom is 0.416 e. The van der Waals surface area contributed by atoms with Crippen LogP contribution in [0.15, 0.2) is 18.2 Å². The third-order valence-electron chi connectivity index (χ3n) is 2.21. The van der Waals surface area contributed by atoms with Crippen LogP contribution in [0.5, 0.6) is 5.75 Å². The number of phenols is 1. The molecule has 0 fully saturated rings. The zero-order chi connectivity index (χ0) is 13.8. The number of allylic oxidation sites excluding steroid dienone is 1. The highest BCUT2D eigenvalue weighted by Crippen LogP contribution is 2.37. The highest BCUT2D eigenvalue weighted by atomic mass is 19.4. The van der Waals surface area contributed by atoms with Gasteiger partial charge in [-0.15, -0.1) is 0 Å². The van der Waals surface area contributed by atoms with Gasteiger partial charge in [0.2, 0.25) is 0 Å². The second-order valence-corrected chi connectivity index (χ2v) is 3.57. The standard InChI is InChI=1S/C12H14F3NO2/c1-3-4-5-8-6-9(12(13,14)15)7-10(17)11(8)16-18-2/h4-7,16-17H,3H2,1-2H3/b5-4-. The lowest BCUT2D eigenvalue weighted by Crippen LogP contribution is -2.07. The van der Waals surface area contributed by atoms with Gasteiger partial charge in [0.25, 0.3) is 0 Å². The zero-order valence-corrected chi connectivity index (χ0v) is 10.0. The van der Waals surface area contributed by atoms with E-state index in [1.807, 2.05) is 6.92 Å². The van der Waals surface area contributed by atoms with Crippen molar-refractivity contribution in [1.29, 1.82) is 0 Å². The summed E-state index contributed by atoms with van der Waals surface area (Å²) < 4.78 is 37.8. The summed E-state index contributed by atoms with van der Waals surface area (Å²) >= 11 is 0. The summed E-state index contributed by atoms with van der Waals surface area (Å²) in [5.74, 6) is -0.512. The maximum absolute atomic E-state index is 12.6. The quantitative estimate of drug-likeness (QED) is 0.639. The lowest BCUT2D eigenvalue weighted by molar-refractivity contribution is -0.137. The van der Waals surface area contributed by atoms with Crippen LogP contribution in [0.1, 0.15) is 24.5 Å². The summed E-state index contributed by atoms with van der Waals surface area (Å²) in [6.45, 7) is 1.85. The van der Waals surface area contributed by atoms with Crippen molar-refractivity contribution < 1.29 is 23.1 Å². The zero-order valence-electron chi connectivity index (χ0n) is 10.0. The highest BCUT2D eigenvalue weighted by molar-refractivity contribution is 5.72. The molecule has 0 bridgehead atoms. The van der Waals surface area contributed by atoms with Crippen molar-refractivity contribution in [2.24, 2.45) is 0 Å². The van der Waals surface area contributed by atoms with E-state index in [2.05, 4.69) is 10.3 Å². The molecule has 2 N–H and O–H groups in total. The fourth-order valence-corrected chi connectivity index (χ4v) is 1.40. The molecule has 0 amide bonds. The molecule has 100 valence electrons. The van der Waals surface area contributed by atoms with Gasteiger partial charge in [0, 0.05) is 5.56 Å². The van der Waals surface area contributed by atoms with E-state index < -0.39 is 17.5 Å². The van der Waals surface area contributed by atoms with Gasteiger partial charge >= 0.3 is 6.18 Å². The molecule has 0 spiro atoms. The summed E-state index contributed by atoms with van der Waals surface area (Å²) in [7, 11) is 1.31. The Balaban J connectivity index is 3.32. The Labute approximate surface area is 103 Å². The third kappa shape index (κ3) is 3.40. The molecule has 1 aromatic carbocycles. The molecule has 0 aliphatic rings. The van der Waals surface area contributed by atoms with Crippen LogP contribution in [0.3, 0.4) is 0 Å². The van der Waals surface area contributed by atoms with Crippen LogP contribution in [0.4, 0.5) is 18.9 Å². The SMILES string of the molecule is CC/C=C\c1cc(C(F)(F)F)cc(O)c1NOC. The van der Waals surface area contributed by atoms with Crippen LogP contribution in [0.2, 0.25) is 0 Å². The van der Waals surface area contributed by atoms with Crippen LogP contribution in [-0.4, -0.2) is 12.2 Å². The monoisotopic (exact) mass is 261 g/mol. The highest BCUT2D eigenvalue weighted by Gasteiger charge is 2.32. The van der Waals surface area contributed by atoms with Crippen molar-refractivity contribution in [3.63, 3.8) is 0 Å². The Bertz CT molecular complexity index is 442. The molecule has 0 unspecified atom stereocenters. The Morgan fingerprint density at radius 3 is 2.56 bits per heavy atom. The lowest BCUT2D eigenvalue weighted by atomic mass is 10.1. The van der Waals surface area contributed by atoms with E-state index >= 15 is 0 Å². The van der Waals surface area contributed by atoms with Crippen molar-refractivity contribution in [2.75, 3.05) is 12.6 Å². The lowest BCUT2D eigenvalue weighted by Gasteiger charge is -2.14. The first-order chi connectivity index (χ1) is 8.40. The largest absolute Gasteiger partial charge is 0.506 e. The second kappa shape index (κ2) is 5.77. The van der Waals surface area contributed by atoms with Gasteiger partial charge < -0.3 is 5.11 Å². The first-order valence-corrected chi connectivity index (χ1v) is 5.29. The average molecular weight is 261 g/mol. The van der Waals surface area contributed by atoms with Gasteiger partial charge in [-0.1, -0.05) is 19.1 Å². The molecule has 0 aliphatic carbocycles. The van der Waals surface area contributed by atoms with Gasteiger partial charge in [-0.2, -0.15) is 13.2 Å². The molecular weight excluding hydrogens is 247 g/mol. The number of anilines is 1. The van der Waals surface area contributed by atoms with Crippen molar-refractivity contribution in [3.8, 4) is 5.75 Å². The minimum absolute atomic E-state index is 0.107. The fourth-order valence-electron chi connectivity index (χ4n) is 1.40. The van der Waals surface area contributed by atoms with Gasteiger partial charge in [-0.05, 0) is 18.6 Å². The summed E-state index contributed by atoms with van der Waals surface area (Å²) in [6.07, 6.45) is -0.645. The minimum atomic E-state index is -4.50. The number of rotatable bonds is 4. The van der Waals surface area contributed by atoms with E-state index in [1.165, 1.54) is 13.2 Å². The van der Waals surface area contributed by atoms with Crippen molar-refractivity contribution in [2.45, 2.75) is 19.5 Å². The number of benzene rings is 1. The second-order valence-electron chi connectivity index (χ2n) is 3.57. The van der Waals surface area contributed by atoms with Crippen LogP contribution >= 0.6 is 0 Å². The van der Waals surface area contributed by atoms with Gasteiger partial charge in [0.1, 0.15) is 11.4 Å². The smallest absolute Gasteiger partial charge is 0.416 e. The minimum Gasteiger partial charge on any atom is -0.506 e. The number of phenolic OH excluding ortho intramolecular Hbond substituents is 1. The summed E-state index contributed by atoms with van der Waals surface area (Å²) in [4.78, 5) is 4.63. The Morgan fingerprint density at radius 1 is 1.39 bits per heavy atom. The number of aromatic hydroxyl groups is 1. The first kappa shape index (κ1) is 14.4. The third-order valence-corrected chi connectivity index (χ3v) is 2.21. The molecule has 0 aliphatic heterocycles.